The van der Waals surface area contributed by atoms with E-state index in [-0.39, 0.29) is 24.4 Å². The number of carbonyl (C=O) groups is 1. The van der Waals surface area contributed by atoms with Crippen molar-refractivity contribution in [3.63, 3.8) is 0 Å². The molecule has 1 aliphatic carbocycles. The largest absolute Gasteiger partial charge is 0.342 e. The van der Waals surface area contributed by atoms with E-state index in [0.29, 0.717) is 5.91 Å². The molecule has 0 aromatic rings. The number of nitrogens with zero attached hydrogens (tertiary/aromatic N) is 1. The maximum Gasteiger partial charge on any atom is 0.227 e. The molecule has 0 bridgehead atoms. The zero-order valence-corrected chi connectivity index (χ0v) is 10.7. The van der Waals surface area contributed by atoms with Gasteiger partial charge in [-0.1, -0.05) is 19.3 Å². The number of amides is 1. The van der Waals surface area contributed by atoms with Crippen LogP contribution in [-0.4, -0.2) is 29.9 Å². The second-order valence-electron chi connectivity index (χ2n) is 4.94. The van der Waals surface area contributed by atoms with Gasteiger partial charge in [0.25, 0.3) is 0 Å². The lowest BCUT2D eigenvalue weighted by Crippen LogP contribution is -2.42. The van der Waals surface area contributed by atoms with Crippen LogP contribution in [0.3, 0.4) is 0 Å². The average Bonchev–Trinajstić information content (AvgIpc) is 2.53. The van der Waals surface area contributed by atoms with Crippen LogP contribution in [0.2, 0.25) is 0 Å². The summed E-state index contributed by atoms with van der Waals surface area (Å²) in [7, 11) is 0. The van der Waals surface area contributed by atoms with Crippen molar-refractivity contribution in [1.29, 1.82) is 0 Å². The molecule has 94 valence electrons. The molecule has 2 rings (SSSR count). The number of rotatable bonds is 1. The first kappa shape index (κ1) is 13.8. The van der Waals surface area contributed by atoms with Crippen LogP contribution in [0, 0.1) is 5.92 Å². The van der Waals surface area contributed by atoms with Gasteiger partial charge < -0.3 is 10.6 Å². The van der Waals surface area contributed by atoms with Crippen LogP contribution in [0.1, 0.15) is 44.9 Å². The van der Waals surface area contributed by atoms with Crippen molar-refractivity contribution in [2.75, 3.05) is 13.1 Å². The predicted molar refractivity (Wildman–Crippen MR) is 67.6 cm³/mol. The molecule has 2 N–H and O–H groups in total. The highest BCUT2D eigenvalue weighted by atomic mass is 35.5. The van der Waals surface area contributed by atoms with E-state index in [4.69, 9.17) is 5.73 Å². The smallest absolute Gasteiger partial charge is 0.227 e. The van der Waals surface area contributed by atoms with Gasteiger partial charge in [-0.15, -0.1) is 12.4 Å². The van der Waals surface area contributed by atoms with Crippen molar-refractivity contribution >= 4 is 18.3 Å². The zero-order valence-electron chi connectivity index (χ0n) is 9.86. The lowest BCUT2D eigenvalue weighted by Gasteiger charge is -2.25. The van der Waals surface area contributed by atoms with Crippen molar-refractivity contribution in [2.24, 2.45) is 11.7 Å². The average molecular weight is 247 g/mol. The Hall–Kier alpha value is -0.280. The van der Waals surface area contributed by atoms with Crippen molar-refractivity contribution in [1.82, 2.24) is 4.90 Å². The number of hydrogen-bond donors (Lipinski definition) is 1. The Kier molecular flexibility index (Phi) is 5.56. The van der Waals surface area contributed by atoms with Gasteiger partial charge in [0.1, 0.15) is 0 Å². The van der Waals surface area contributed by atoms with Gasteiger partial charge in [0.15, 0.2) is 0 Å². The van der Waals surface area contributed by atoms with Crippen LogP contribution >= 0.6 is 12.4 Å². The van der Waals surface area contributed by atoms with E-state index >= 15 is 0 Å². The molecule has 2 atom stereocenters. The van der Waals surface area contributed by atoms with Crippen molar-refractivity contribution in [2.45, 2.75) is 51.0 Å². The minimum atomic E-state index is 0. The summed E-state index contributed by atoms with van der Waals surface area (Å²) in [5.74, 6) is 0.463. The molecule has 1 amide bonds. The normalized spacial score (nSPS) is 30.7. The van der Waals surface area contributed by atoms with Crippen LogP contribution < -0.4 is 5.73 Å². The highest BCUT2D eigenvalue weighted by Crippen LogP contribution is 2.26. The van der Waals surface area contributed by atoms with Crippen molar-refractivity contribution in [3.8, 4) is 0 Å². The molecule has 3 nitrogen and oxygen atoms in total. The van der Waals surface area contributed by atoms with Crippen LogP contribution in [0.15, 0.2) is 0 Å². The number of hydrogen-bond acceptors (Lipinski definition) is 2. The molecule has 1 saturated carbocycles. The number of likely N-dealkylation sites (tertiary alicyclic amines) is 1. The quantitative estimate of drug-likeness (QED) is 0.769. The summed E-state index contributed by atoms with van der Waals surface area (Å²) < 4.78 is 0. The van der Waals surface area contributed by atoms with Gasteiger partial charge in [-0.05, 0) is 25.7 Å². The van der Waals surface area contributed by atoms with E-state index in [9.17, 15) is 4.79 Å². The molecule has 1 saturated heterocycles. The van der Waals surface area contributed by atoms with E-state index < -0.39 is 0 Å². The van der Waals surface area contributed by atoms with Crippen molar-refractivity contribution < 1.29 is 4.79 Å². The van der Waals surface area contributed by atoms with Crippen LogP contribution in [0.5, 0.6) is 0 Å². The van der Waals surface area contributed by atoms with Gasteiger partial charge in [0.2, 0.25) is 5.91 Å². The molecular formula is C12H23ClN2O. The molecule has 16 heavy (non-hydrogen) atoms. The summed E-state index contributed by atoms with van der Waals surface area (Å²) in [6.07, 6.45) is 8.08. The molecule has 1 heterocycles. The molecule has 2 aliphatic rings. The SMILES string of the molecule is Cl.NC1CCCC1C(=O)N1CCCCCC1. The lowest BCUT2D eigenvalue weighted by molar-refractivity contribution is -0.135. The van der Waals surface area contributed by atoms with Crippen molar-refractivity contribution in [3.05, 3.63) is 0 Å². The molecule has 0 aromatic carbocycles. The molecule has 0 spiro atoms. The minimum Gasteiger partial charge on any atom is -0.342 e. The summed E-state index contributed by atoms with van der Waals surface area (Å²) in [5.41, 5.74) is 5.98. The fourth-order valence-corrected chi connectivity index (χ4v) is 2.82. The van der Waals surface area contributed by atoms with Crippen LogP contribution in [-0.2, 0) is 4.79 Å². The van der Waals surface area contributed by atoms with E-state index in [1.807, 2.05) is 0 Å². The highest BCUT2D eigenvalue weighted by Gasteiger charge is 2.33. The standard InChI is InChI=1S/C12H22N2O.ClH/c13-11-7-5-6-10(11)12(15)14-8-3-1-2-4-9-14;/h10-11H,1-9,13H2;1H. The van der Waals surface area contributed by atoms with Crippen LogP contribution in [0.25, 0.3) is 0 Å². The molecular weight excluding hydrogens is 224 g/mol. The lowest BCUT2D eigenvalue weighted by atomic mass is 10.0. The Morgan fingerprint density at radius 2 is 1.62 bits per heavy atom. The highest BCUT2D eigenvalue weighted by molar-refractivity contribution is 5.85. The van der Waals surface area contributed by atoms with E-state index in [0.717, 1.165) is 32.4 Å². The second kappa shape index (κ2) is 6.45. The van der Waals surface area contributed by atoms with Gasteiger partial charge in [-0.3, -0.25) is 4.79 Å². The van der Waals surface area contributed by atoms with E-state index in [1.54, 1.807) is 0 Å². The first-order valence-corrected chi connectivity index (χ1v) is 6.33. The van der Waals surface area contributed by atoms with Gasteiger partial charge >= 0.3 is 0 Å². The predicted octanol–water partition coefficient (Wildman–Crippen LogP) is 1.94. The Morgan fingerprint density at radius 3 is 2.12 bits per heavy atom. The topological polar surface area (TPSA) is 46.3 Å². The van der Waals surface area contributed by atoms with Gasteiger partial charge in [-0.2, -0.15) is 0 Å². The molecule has 2 unspecified atom stereocenters. The first-order chi connectivity index (χ1) is 7.29. The Morgan fingerprint density at radius 1 is 1.00 bits per heavy atom. The molecule has 0 aromatic heterocycles. The summed E-state index contributed by atoms with van der Waals surface area (Å²) >= 11 is 0. The third kappa shape index (κ3) is 3.11. The molecule has 4 heteroatoms. The molecule has 1 aliphatic heterocycles. The Balaban J connectivity index is 0.00000128. The summed E-state index contributed by atoms with van der Waals surface area (Å²) in [6.45, 7) is 1.92. The maximum absolute atomic E-state index is 12.2. The Labute approximate surface area is 104 Å². The number of carbonyl (C=O) groups excluding carboxylic acids is 1. The minimum absolute atomic E-state index is 0. The van der Waals surface area contributed by atoms with Gasteiger partial charge in [0.05, 0.1) is 5.92 Å². The third-order valence-corrected chi connectivity index (χ3v) is 3.80. The van der Waals surface area contributed by atoms with Gasteiger partial charge in [-0.25, -0.2) is 0 Å². The summed E-state index contributed by atoms with van der Waals surface area (Å²) in [6, 6.07) is 0.126. The molecule has 0 radical (unpaired) electrons. The zero-order chi connectivity index (χ0) is 10.7. The first-order valence-electron chi connectivity index (χ1n) is 6.33. The maximum atomic E-state index is 12.2. The van der Waals surface area contributed by atoms with Gasteiger partial charge in [0, 0.05) is 19.1 Å². The summed E-state index contributed by atoms with van der Waals surface area (Å²) in [5, 5.41) is 0. The number of nitrogens with two attached hydrogens (primary N) is 1. The summed E-state index contributed by atoms with van der Waals surface area (Å²) in [4.78, 5) is 14.3. The fourth-order valence-electron chi connectivity index (χ4n) is 2.82. The van der Waals surface area contributed by atoms with Crippen LogP contribution in [0.4, 0.5) is 0 Å². The fraction of sp³-hybridized carbons (Fsp3) is 0.917. The van der Waals surface area contributed by atoms with E-state index in [2.05, 4.69) is 4.90 Å². The Bertz CT molecular complexity index is 227. The van der Waals surface area contributed by atoms with E-state index in [1.165, 1.54) is 25.7 Å². The number of halogens is 1. The second-order valence-corrected chi connectivity index (χ2v) is 4.94. The monoisotopic (exact) mass is 246 g/mol. The third-order valence-electron chi connectivity index (χ3n) is 3.80. The molecule has 2 fully saturated rings.